The van der Waals surface area contributed by atoms with E-state index in [4.69, 9.17) is 5.11 Å². The summed E-state index contributed by atoms with van der Waals surface area (Å²) in [6, 6.07) is 0. The second-order valence-electron chi connectivity index (χ2n) is 0.710. The number of hydrogen-bond donors (Lipinski definition) is 2. The number of nitrogens with zero attached hydrogens (tertiary/aromatic N) is 2. The van der Waals surface area contributed by atoms with Gasteiger partial charge in [-0.05, 0) is 12.2 Å². The number of hydrogen-bond acceptors (Lipinski definition) is 3. The lowest BCUT2D eigenvalue weighted by molar-refractivity contribution is -0.481. The third-order valence-corrected chi connectivity index (χ3v) is 0.855. The molecule has 0 aromatic rings. The molecule has 0 unspecified atom stereocenters. The van der Waals surface area contributed by atoms with Crippen LogP contribution in [0.4, 0.5) is 0 Å². The lowest BCUT2D eigenvalue weighted by Crippen LogP contribution is -1.89. The van der Waals surface area contributed by atoms with Crippen molar-refractivity contribution in [3.8, 4) is 0 Å². The van der Waals surface area contributed by atoms with Gasteiger partial charge >= 0.3 is 0 Å². The van der Waals surface area contributed by atoms with Crippen LogP contribution in [-0.4, -0.2) is 14.5 Å². The van der Waals surface area contributed by atoms with Gasteiger partial charge in [-0.15, -0.1) is 0 Å². The van der Waals surface area contributed by atoms with Crippen molar-refractivity contribution in [2.45, 2.75) is 0 Å². The maximum Gasteiger partial charge on any atom is 0.231 e. The van der Waals surface area contributed by atoms with Gasteiger partial charge in [0.15, 0.2) is 5.03 Å². The first-order valence-electron chi connectivity index (χ1n) is 1.42. The van der Waals surface area contributed by atoms with E-state index in [1.807, 2.05) is 0 Å². The molecule has 0 aliphatic heterocycles. The summed E-state index contributed by atoms with van der Waals surface area (Å²) in [4.78, 5) is 9.36. The van der Waals surface area contributed by atoms with Gasteiger partial charge in [0.2, 0.25) is 4.38 Å². The fraction of sp³-hybridized carbons (Fsp3) is 0. The lowest BCUT2D eigenvalue weighted by Gasteiger charge is -1.74. The molecule has 0 bridgehead atoms. The van der Waals surface area contributed by atoms with Crippen molar-refractivity contribution in [1.82, 2.24) is 0 Å². The fourth-order valence-electron chi connectivity index (χ4n) is 0.0748. The monoisotopic (exact) mass is 154 g/mol. The molecule has 0 spiro atoms. The largest absolute Gasteiger partial charge is 0.494 e. The summed E-state index contributed by atoms with van der Waals surface area (Å²) in [7, 11) is 0. The number of thiocarbonyl (C=S) groups is 1. The summed E-state index contributed by atoms with van der Waals surface area (Å²) in [5.41, 5.74) is 0. The second kappa shape index (κ2) is 3.44. The molecule has 0 aromatic heterocycles. The molecule has 0 heterocycles. The van der Waals surface area contributed by atoms with Gasteiger partial charge < -0.3 is 5.11 Å². The molecule has 0 radical (unpaired) electrons. The first-order chi connectivity index (χ1) is 3.63. The summed E-state index contributed by atoms with van der Waals surface area (Å²) in [5, 5.41) is 16.6. The number of nitro groups is 1. The highest BCUT2D eigenvalue weighted by Crippen LogP contribution is 1.72. The number of aliphatic hydroxyl groups is 1. The molecule has 8 heavy (non-hydrogen) atoms. The van der Waals surface area contributed by atoms with Crippen LogP contribution in [0.5, 0.6) is 0 Å². The van der Waals surface area contributed by atoms with Gasteiger partial charge in [0.05, 0.1) is 4.47 Å². The van der Waals surface area contributed by atoms with Crippen LogP contribution < -0.4 is 0 Å². The Morgan fingerprint density at radius 2 is 2.50 bits per heavy atom. The third kappa shape index (κ3) is 5.44. The maximum atomic E-state index is 9.36. The van der Waals surface area contributed by atoms with E-state index < -0.39 is 9.41 Å². The Balaban J connectivity index is 3.67. The second-order valence-corrected chi connectivity index (χ2v) is 2.20. The summed E-state index contributed by atoms with van der Waals surface area (Å²) >= 11 is 3.88. The zero-order valence-corrected chi connectivity index (χ0v) is 5.22. The Kier molecular flexibility index (Phi) is 3.20. The molecule has 0 atom stereocenters. The van der Waals surface area contributed by atoms with Crippen LogP contribution >= 0.6 is 12.2 Å². The highest BCUT2D eigenvalue weighted by molar-refractivity contribution is 8.03. The van der Waals surface area contributed by atoms with E-state index in [1.54, 1.807) is 0 Å². The number of rotatable bonds is 1. The lowest BCUT2D eigenvalue weighted by atomic mass is 11.7. The molecule has 0 rings (SSSR count). The molecule has 0 amide bonds. The van der Waals surface area contributed by atoms with E-state index in [1.165, 1.54) is 0 Å². The predicted molar refractivity (Wildman–Crippen MR) is 33.4 cm³/mol. The summed E-state index contributed by atoms with van der Waals surface area (Å²) in [5.74, 6) is 0. The Bertz CT molecular complexity index is 126. The fourth-order valence-corrected chi connectivity index (χ4v) is 0.334. The molecule has 0 saturated carbocycles. The third-order valence-electron chi connectivity index (χ3n) is 0.203. The Morgan fingerprint density at radius 1 is 2.00 bits per heavy atom. The maximum absolute atomic E-state index is 9.36. The van der Waals surface area contributed by atoms with Crippen molar-refractivity contribution < 1.29 is 10.1 Å². The molecular formula is CH2N2O3S2. The predicted octanol–water partition coefficient (Wildman–Crippen LogP) is 0.0195. The SMILES string of the molecule is O=[N+]([O-])N=[SH]C(O)=S. The van der Waals surface area contributed by atoms with Crippen molar-refractivity contribution in [3.05, 3.63) is 10.1 Å². The molecule has 7 heteroatoms. The van der Waals surface area contributed by atoms with Crippen LogP contribution in [0.15, 0.2) is 4.47 Å². The highest BCUT2D eigenvalue weighted by Gasteiger charge is 1.85. The van der Waals surface area contributed by atoms with Crippen molar-refractivity contribution in [2.75, 3.05) is 0 Å². The smallest absolute Gasteiger partial charge is 0.231 e. The minimum Gasteiger partial charge on any atom is -0.494 e. The van der Waals surface area contributed by atoms with E-state index in [9.17, 15) is 10.1 Å². The van der Waals surface area contributed by atoms with E-state index in [2.05, 4.69) is 16.7 Å². The summed E-state index contributed by atoms with van der Waals surface area (Å²) in [6.45, 7) is 0. The van der Waals surface area contributed by atoms with Crippen molar-refractivity contribution in [1.29, 1.82) is 0 Å². The van der Waals surface area contributed by atoms with Crippen LogP contribution in [0.3, 0.4) is 0 Å². The van der Waals surface area contributed by atoms with Gasteiger partial charge in [0, 0.05) is 11.6 Å². The molecule has 1 N–H and O–H groups in total. The van der Waals surface area contributed by atoms with E-state index >= 15 is 0 Å². The van der Waals surface area contributed by atoms with Gasteiger partial charge in [-0.2, -0.15) is 0 Å². The van der Waals surface area contributed by atoms with Gasteiger partial charge in [0.25, 0.3) is 0 Å². The molecule has 0 aliphatic carbocycles. The molecule has 5 nitrogen and oxygen atoms in total. The summed E-state index contributed by atoms with van der Waals surface area (Å²) in [6.07, 6.45) is 0. The average molecular weight is 154 g/mol. The van der Waals surface area contributed by atoms with Crippen LogP contribution in [-0.2, 0) is 11.6 Å². The normalized spacial score (nSPS) is 10.5. The highest BCUT2D eigenvalue weighted by atomic mass is 32.2. The zero-order valence-electron chi connectivity index (χ0n) is 3.51. The topological polar surface area (TPSA) is 75.7 Å². The van der Waals surface area contributed by atoms with E-state index in [0.29, 0.717) is 0 Å². The molecule has 0 saturated heterocycles. The Morgan fingerprint density at radius 3 is 2.62 bits per heavy atom. The molecular weight excluding hydrogens is 152 g/mol. The van der Waals surface area contributed by atoms with Crippen LogP contribution in [0.25, 0.3) is 0 Å². The standard InChI is InChI=1S/CH2N2O3S2/c4-1(7)8-2-3(5)6/h8H,(H,4,7). The first-order valence-corrected chi connectivity index (χ1v) is 2.67. The van der Waals surface area contributed by atoms with Crippen molar-refractivity contribution >= 4 is 28.2 Å². The number of thiol groups is 1. The minimum absolute atomic E-state index is 0.183. The van der Waals surface area contributed by atoms with Gasteiger partial charge in [-0.1, -0.05) is 0 Å². The Hall–Kier alpha value is -0.560. The van der Waals surface area contributed by atoms with Crippen LogP contribution in [0.1, 0.15) is 0 Å². The van der Waals surface area contributed by atoms with Crippen molar-refractivity contribution in [3.63, 3.8) is 0 Å². The number of aliphatic hydroxyl groups excluding tert-OH is 1. The van der Waals surface area contributed by atoms with Crippen LogP contribution in [0.2, 0.25) is 0 Å². The van der Waals surface area contributed by atoms with Gasteiger partial charge in [0.1, 0.15) is 0 Å². The molecule has 0 fully saturated rings. The average Bonchev–Trinajstić information content (AvgIpc) is 1.61. The van der Waals surface area contributed by atoms with Crippen molar-refractivity contribution in [2.24, 2.45) is 4.47 Å². The molecule has 46 valence electrons. The van der Waals surface area contributed by atoms with E-state index in [0.717, 1.165) is 0 Å². The summed E-state index contributed by atoms with van der Waals surface area (Å²) < 4.78 is 2.13. The zero-order chi connectivity index (χ0) is 6.57. The Labute approximate surface area is 53.6 Å². The van der Waals surface area contributed by atoms with E-state index in [-0.39, 0.29) is 11.6 Å². The van der Waals surface area contributed by atoms with Crippen LogP contribution in [0, 0.1) is 10.1 Å². The van der Waals surface area contributed by atoms with Gasteiger partial charge in [-0.3, -0.25) is 0 Å². The minimum atomic E-state index is -0.913. The van der Waals surface area contributed by atoms with Gasteiger partial charge in [-0.25, -0.2) is 10.1 Å². The quantitative estimate of drug-likeness (QED) is 0.241. The first kappa shape index (κ1) is 7.44. The molecule has 0 aliphatic rings. The molecule has 0 aromatic carbocycles.